The van der Waals surface area contributed by atoms with Crippen LogP contribution in [0.15, 0.2) is 12.1 Å². The van der Waals surface area contributed by atoms with Gasteiger partial charge in [-0.25, -0.2) is 0 Å². The van der Waals surface area contributed by atoms with Gasteiger partial charge in [-0.1, -0.05) is 19.8 Å². The normalized spacial score (nSPS) is 25.0. The van der Waals surface area contributed by atoms with Crippen LogP contribution < -0.4 is 5.32 Å². The van der Waals surface area contributed by atoms with Crippen LogP contribution >= 0.6 is 0 Å². The number of rotatable bonds is 2. The van der Waals surface area contributed by atoms with Gasteiger partial charge in [0.25, 0.3) is 0 Å². The smallest absolute Gasteiger partial charge is 0.200 e. The minimum absolute atomic E-state index is 0.528. The molecular weight excluding hydrogens is 216 g/mol. The number of fused-ring (bicyclic) bond motifs is 1. The summed E-state index contributed by atoms with van der Waals surface area (Å²) in [6.45, 7) is 2.31. The molecule has 2 aromatic rings. The van der Waals surface area contributed by atoms with Crippen molar-refractivity contribution in [3.8, 4) is 0 Å². The van der Waals surface area contributed by atoms with Crippen LogP contribution in [0, 0.1) is 5.92 Å². The van der Waals surface area contributed by atoms with Gasteiger partial charge in [-0.3, -0.25) is 0 Å². The van der Waals surface area contributed by atoms with Crippen molar-refractivity contribution in [1.29, 1.82) is 0 Å². The van der Waals surface area contributed by atoms with E-state index in [-0.39, 0.29) is 0 Å². The molecule has 90 valence electrons. The highest BCUT2D eigenvalue weighted by Gasteiger charge is 2.19. The molecule has 17 heavy (non-hydrogen) atoms. The summed E-state index contributed by atoms with van der Waals surface area (Å²) in [7, 11) is 0. The lowest BCUT2D eigenvalue weighted by Gasteiger charge is -2.27. The molecule has 1 aliphatic rings. The zero-order valence-electron chi connectivity index (χ0n) is 9.87. The molecule has 0 aromatic carbocycles. The summed E-state index contributed by atoms with van der Waals surface area (Å²) in [4.78, 5) is 0. The van der Waals surface area contributed by atoms with Gasteiger partial charge in [-0.15, -0.1) is 14.8 Å². The molecule has 0 aliphatic heterocycles. The maximum Gasteiger partial charge on any atom is 0.200 e. The van der Waals surface area contributed by atoms with E-state index in [1.165, 1.54) is 30.3 Å². The van der Waals surface area contributed by atoms with Gasteiger partial charge in [0.2, 0.25) is 0 Å². The highest BCUT2D eigenvalue weighted by atomic mass is 15.6. The number of anilines is 1. The van der Waals surface area contributed by atoms with Crippen LogP contribution in [0.5, 0.6) is 0 Å². The molecule has 6 nitrogen and oxygen atoms in total. The summed E-state index contributed by atoms with van der Waals surface area (Å²) in [5.74, 6) is 1.65. The Kier molecular flexibility index (Phi) is 2.62. The number of aromatic nitrogens is 5. The minimum Gasteiger partial charge on any atom is -0.366 e. The van der Waals surface area contributed by atoms with Crippen molar-refractivity contribution in [3.63, 3.8) is 0 Å². The van der Waals surface area contributed by atoms with E-state index < -0.39 is 0 Å². The molecule has 2 atom stereocenters. The number of tetrazole rings is 1. The quantitative estimate of drug-likeness (QED) is 0.850. The number of nitrogens with zero attached hydrogens (tertiary/aromatic N) is 5. The first kappa shape index (κ1) is 10.4. The van der Waals surface area contributed by atoms with Crippen LogP contribution in [0.25, 0.3) is 5.65 Å². The molecule has 1 fully saturated rings. The largest absolute Gasteiger partial charge is 0.366 e. The Morgan fingerprint density at radius 2 is 2.29 bits per heavy atom. The monoisotopic (exact) mass is 232 g/mol. The first-order valence-corrected chi connectivity index (χ1v) is 6.13. The molecule has 0 saturated heterocycles. The minimum atomic E-state index is 0.528. The van der Waals surface area contributed by atoms with Gasteiger partial charge in [0, 0.05) is 6.04 Å². The van der Waals surface area contributed by atoms with E-state index in [1.54, 1.807) is 0 Å². The van der Waals surface area contributed by atoms with Gasteiger partial charge in [0.15, 0.2) is 5.65 Å². The molecular formula is C11H16N6. The van der Waals surface area contributed by atoms with Crippen molar-refractivity contribution in [2.75, 3.05) is 5.32 Å². The topological polar surface area (TPSA) is 68.0 Å². The van der Waals surface area contributed by atoms with Gasteiger partial charge < -0.3 is 5.32 Å². The van der Waals surface area contributed by atoms with E-state index in [2.05, 4.69) is 32.9 Å². The Morgan fingerprint density at radius 1 is 1.35 bits per heavy atom. The molecule has 0 unspecified atom stereocenters. The molecule has 1 saturated carbocycles. The van der Waals surface area contributed by atoms with Crippen molar-refractivity contribution in [2.45, 2.75) is 38.6 Å². The summed E-state index contributed by atoms with van der Waals surface area (Å²) < 4.78 is 1.45. The second-order valence-corrected chi connectivity index (χ2v) is 4.86. The second kappa shape index (κ2) is 4.27. The highest BCUT2D eigenvalue weighted by molar-refractivity contribution is 5.42. The predicted molar refractivity (Wildman–Crippen MR) is 63.6 cm³/mol. The SMILES string of the molecule is C[C@H]1CCC[C@H](Nc2ccc3nnnn3n2)C1. The van der Waals surface area contributed by atoms with Crippen LogP contribution in [-0.4, -0.2) is 31.3 Å². The van der Waals surface area contributed by atoms with E-state index in [9.17, 15) is 0 Å². The molecule has 0 spiro atoms. The van der Waals surface area contributed by atoms with Crippen LogP contribution in [0.2, 0.25) is 0 Å². The lowest BCUT2D eigenvalue weighted by atomic mass is 9.87. The fraction of sp³-hybridized carbons (Fsp3) is 0.636. The molecule has 3 rings (SSSR count). The van der Waals surface area contributed by atoms with Crippen molar-refractivity contribution in [3.05, 3.63) is 12.1 Å². The lowest BCUT2D eigenvalue weighted by molar-refractivity contribution is 0.358. The summed E-state index contributed by atoms with van der Waals surface area (Å²) >= 11 is 0. The van der Waals surface area contributed by atoms with Gasteiger partial charge in [-0.2, -0.15) is 0 Å². The van der Waals surface area contributed by atoms with E-state index in [0.29, 0.717) is 11.7 Å². The van der Waals surface area contributed by atoms with Crippen molar-refractivity contribution in [1.82, 2.24) is 25.3 Å². The lowest BCUT2D eigenvalue weighted by Crippen LogP contribution is -2.26. The molecule has 1 N–H and O–H groups in total. The molecule has 0 amide bonds. The van der Waals surface area contributed by atoms with Gasteiger partial charge >= 0.3 is 0 Å². The van der Waals surface area contributed by atoms with E-state index in [4.69, 9.17) is 0 Å². The maximum absolute atomic E-state index is 4.32. The van der Waals surface area contributed by atoms with E-state index in [1.807, 2.05) is 12.1 Å². The summed E-state index contributed by atoms with van der Waals surface area (Å²) in [5.41, 5.74) is 0.674. The van der Waals surface area contributed by atoms with Crippen LogP contribution in [-0.2, 0) is 0 Å². The predicted octanol–water partition coefficient (Wildman–Crippen LogP) is 1.51. The highest BCUT2D eigenvalue weighted by Crippen LogP contribution is 2.25. The number of nitrogens with one attached hydrogen (secondary N) is 1. The first-order chi connectivity index (χ1) is 8.31. The summed E-state index contributed by atoms with van der Waals surface area (Å²) in [6.07, 6.45) is 5.08. The molecule has 0 radical (unpaired) electrons. The number of hydrogen-bond donors (Lipinski definition) is 1. The fourth-order valence-electron chi connectivity index (χ4n) is 2.50. The van der Waals surface area contributed by atoms with Crippen molar-refractivity contribution < 1.29 is 0 Å². The Hall–Kier alpha value is -1.72. The third-order valence-corrected chi connectivity index (χ3v) is 3.36. The summed E-state index contributed by atoms with van der Waals surface area (Å²) in [6, 6.07) is 4.34. The zero-order valence-corrected chi connectivity index (χ0v) is 9.87. The third kappa shape index (κ3) is 2.20. The Balaban J connectivity index is 1.75. The van der Waals surface area contributed by atoms with E-state index in [0.717, 1.165) is 11.7 Å². The molecule has 2 aromatic heterocycles. The Labute approximate surface area is 99.4 Å². The van der Waals surface area contributed by atoms with Crippen LogP contribution in [0.4, 0.5) is 5.82 Å². The molecule has 0 bridgehead atoms. The van der Waals surface area contributed by atoms with Crippen LogP contribution in [0.3, 0.4) is 0 Å². The van der Waals surface area contributed by atoms with Gasteiger partial charge in [0.1, 0.15) is 5.82 Å². The maximum atomic E-state index is 4.32. The molecule has 6 heteroatoms. The van der Waals surface area contributed by atoms with Gasteiger partial charge in [0.05, 0.1) is 0 Å². The fourth-order valence-corrected chi connectivity index (χ4v) is 2.50. The zero-order chi connectivity index (χ0) is 11.7. The van der Waals surface area contributed by atoms with E-state index >= 15 is 0 Å². The van der Waals surface area contributed by atoms with Gasteiger partial charge in [-0.05, 0) is 41.3 Å². The average molecular weight is 232 g/mol. The second-order valence-electron chi connectivity index (χ2n) is 4.86. The van der Waals surface area contributed by atoms with Crippen molar-refractivity contribution in [2.24, 2.45) is 5.92 Å². The number of hydrogen-bond acceptors (Lipinski definition) is 5. The van der Waals surface area contributed by atoms with Crippen molar-refractivity contribution >= 4 is 11.5 Å². The Bertz CT molecular complexity index is 507. The Morgan fingerprint density at radius 3 is 3.18 bits per heavy atom. The standard InChI is InChI=1S/C11H16N6/c1-8-3-2-4-9(7-8)12-10-5-6-11-13-15-16-17(11)14-10/h5-6,8-9H,2-4,7H2,1H3,(H,12,14)/t8-,9-/m0/s1. The van der Waals surface area contributed by atoms with Crippen LogP contribution in [0.1, 0.15) is 32.6 Å². The summed E-state index contributed by atoms with van der Waals surface area (Å²) in [5, 5.41) is 19.0. The third-order valence-electron chi connectivity index (χ3n) is 3.36. The molecule has 1 aliphatic carbocycles. The average Bonchev–Trinajstić information content (AvgIpc) is 2.76. The first-order valence-electron chi connectivity index (χ1n) is 6.13. The molecule has 2 heterocycles.